The summed E-state index contributed by atoms with van der Waals surface area (Å²) in [6.45, 7) is 4.56. The molecule has 6 nitrogen and oxygen atoms in total. The predicted molar refractivity (Wildman–Crippen MR) is 82.8 cm³/mol. The smallest absolute Gasteiger partial charge is 0.411 e. The van der Waals surface area contributed by atoms with Crippen LogP contribution in [0.1, 0.15) is 20.3 Å². The molecule has 2 heterocycles. The quantitative estimate of drug-likeness (QED) is 0.909. The third-order valence-corrected chi connectivity index (χ3v) is 3.57. The van der Waals surface area contributed by atoms with Crippen molar-refractivity contribution in [2.75, 3.05) is 18.5 Å². The molecule has 1 aromatic carbocycles. The van der Waals surface area contributed by atoms with Gasteiger partial charge in [0, 0.05) is 23.5 Å². The average Bonchev–Trinajstić information content (AvgIpc) is 3.03. The van der Waals surface area contributed by atoms with Crippen LogP contribution in [0.4, 0.5) is 10.5 Å². The van der Waals surface area contributed by atoms with Crippen molar-refractivity contribution in [3.8, 4) is 0 Å². The minimum Gasteiger partial charge on any atom is -0.449 e. The Bertz CT molecular complexity index is 665. The molecule has 6 heteroatoms. The van der Waals surface area contributed by atoms with Gasteiger partial charge in [-0.25, -0.2) is 4.79 Å². The molecule has 1 aromatic heterocycles. The molecule has 1 atom stereocenters. The molecule has 3 rings (SSSR count). The first-order chi connectivity index (χ1) is 10.5. The molecule has 1 saturated heterocycles. The van der Waals surface area contributed by atoms with E-state index >= 15 is 0 Å². The number of fused-ring (bicyclic) bond motifs is 1. The summed E-state index contributed by atoms with van der Waals surface area (Å²) in [5, 5.41) is 3.69. The highest BCUT2D eigenvalue weighted by Crippen LogP contribution is 2.24. The first-order valence-corrected chi connectivity index (χ1v) is 7.35. The average molecular weight is 304 g/mol. The van der Waals surface area contributed by atoms with Crippen molar-refractivity contribution in [3.63, 3.8) is 0 Å². The topological polar surface area (TPSA) is 72.6 Å². The minimum absolute atomic E-state index is 0.0316. The van der Waals surface area contributed by atoms with E-state index in [-0.39, 0.29) is 12.7 Å². The fraction of sp³-hybridized carbons (Fsp3) is 0.438. The number of hydrogen-bond donors (Lipinski definition) is 2. The Kier molecular flexibility index (Phi) is 4.04. The number of amides is 1. The van der Waals surface area contributed by atoms with Crippen LogP contribution in [0, 0.1) is 0 Å². The highest BCUT2D eigenvalue weighted by Gasteiger charge is 2.32. The molecule has 0 saturated carbocycles. The summed E-state index contributed by atoms with van der Waals surface area (Å²) < 4.78 is 16.3. The number of anilines is 1. The second-order valence-electron chi connectivity index (χ2n) is 5.75. The van der Waals surface area contributed by atoms with Crippen molar-refractivity contribution in [2.24, 2.45) is 0 Å². The van der Waals surface area contributed by atoms with Gasteiger partial charge in [0.05, 0.1) is 25.0 Å². The lowest BCUT2D eigenvalue weighted by Gasteiger charge is -2.16. The minimum atomic E-state index is -0.545. The van der Waals surface area contributed by atoms with Gasteiger partial charge < -0.3 is 19.2 Å². The molecule has 118 valence electrons. The molecule has 0 aliphatic carbocycles. The fourth-order valence-electron chi connectivity index (χ4n) is 2.51. The number of aromatic amines is 1. The molecule has 1 amide bonds. The Morgan fingerprint density at radius 1 is 1.45 bits per heavy atom. The van der Waals surface area contributed by atoms with Crippen molar-refractivity contribution in [2.45, 2.75) is 32.2 Å². The molecular formula is C16H20N2O4. The number of rotatable bonds is 4. The number of benzene rings is 1. The van der Waals surface area contributed by atoms with E-state index in [0.29, 0.717) is 18.7 Å². The molecule has 2 N–H and O–H groups in total. The zero-order chi connectivity index (χ0) is 15.6. The molecule has 0 bridgehead atoms. The van der Waals surface area contributed by atoms with Gasteiger partial charge in [-0.2, -0.15) is 0 Å². The number of H-pyrrole nitrogens is 1. The number of hydrogen-bond acceptors (Lipinski definition) is 4. The van der Waals surface area contributed by atoms with E-state index in [4.69, 9.17) is 14.2 Å². The van der Waals surface area contributed by atoms with Gasteiger partial charge >= 0.3 is 6.09 Å². The SMILES string of the molecule is CC1(C)OCC(CCOC(=O)Nc2c[nH]c3ccccc23)O1. The molecule has 1 aliphatic heterocycles. The van der Waals surface area contributed by atoms with Crippen molar-refractivity contribution in [1.82, 2.24) is 4.98 Å². The van der Waals surface area contributed by atoms with Crippen LogP contribution in [0.3, 0.4) is 0 Å². The largest absolute Gasteiger partial charge is 0.449 e. The van der Waals surface area contributed by atoms with Crippen molar-refractivity contribution in [1.29, 1.82) is 0 Å². The second kappa shape index (κ2) is 5.98. The standard InChI is InChI=1S/C16H20N2O4/c1-16(2)21-10-11(22-16)7-8-20-15(19)18-14-9-17-13-6-4-3-5-12(13)14/h3-6,9,11,17H,7-8,10H2,1-2H3,(H,18,19). The van der Waals surface area contributed by atoms with Gasteiger partial charge in [-0.15, -0.1) is 0 Å². The monoisotopic (exact) mass is 304 g/mol. The Balaban J connectivity index is 1.47. The van der Waals surface area contributed by atoms with Gasteiger partial charge in [-0.1, -0.05) is 18.2 Å². The van der Waals surface area contributed by atoms with Crippen molar-refractivity contribution < 1.29 is 19.0 Å². The molecule has 1 unspecified atom stereocenters. The van der Waals surface area contributed by atoms with Crippen LogP contribution in [-0.4, -0.2) is 36.2 Å². The first-order valence-electron chi connectivity index (χ1n) is 7.35. The number of aromatic nitrogens is 1. The van der Waals surface area contributed by atoms with E-state index in [1.807, 2.05) is 38.1 Å². The van der Waals surface area contributed by atoms with Gasteiger partial charge in [0.25, 0.3) is 0 Å². The van der Waals surface area contributed by atoms with E-state index in [0.717, 1.165) is 10.9 Å². The maximum absolute atomic E-state index is 11.8. The van der Waals surface area contributed by atoms with Crippen LogP contribution < -0.4 is 5.32 Å². The lowest BCUT2D eigenvalue weighted by molar-refractivity contribution is -0.139. The highest BCUT2D eigenvalue weighted by molar-refractivity contribution is 5.99. The Labute approximate surface area is 128 Å². The van der Waals surface area contributed by atoms with E-state index in [2.05, 4.69) is 10.3 Å². The van der Waals surface area contributed by atoms with Gasteiger partial charge in [0.15, 0.2) is 5.79 Å². The summed E-state index contributed by atoms with van der Waals surface area (Å²) >= 11 is 0. The van der Waals surface area contributed by atoms with E-state index in [9.17, 15) is 4.79 Å². The molecule has 22 heavy (non-hydrogen) atoms. The zero-order valence-corrected chi connectivity index (χ0v) is 12.7. The summed E-state index contributed by atoms with van der Waals surface area (Å²) in [6.07, 6.45) is 1.87. The number of nitrogens with one attached hydrogen (secondary N) is 2. The third kappa shape index (κ3) is 3.40. The zero-order valence-electron chi connectivity index (χ0n) is 12.7. The van der Waals surface area contributed by atoms with E-state index in [1.165, 1.54) is 0 Å². The molecule has 1 fully saturated rings. The van der Waals surface area contributed by atoms with Gasteiger partial charge in [0.1, 0.15) is 0 Å². The van der Waals surface area contributed by atoms with E-state index < -0.39 is 11.9 Å². The van der Waals surface area contributed by atoms with Crippen LogP contribution in [-0.2, 0) is 14.2 Å². The summed E-state index contributed by atoms with van der Waals surface area (Å²) in [7, 11) is 0. The van der Waals surface area contributed by atoms with Crippen LogP contribution in [0.2, 0.25) is 0 Å². The summed E-state index contributed by atoms with van der Waals surface area (Å²) in [5.41, 5.74) is 1.68. The molecule has 1 aliphatic rings. The van der Waals surface area contributed by atoms with Gasteiger partial charge in [0.2, 0.25) is 0 Å². The Morgan fingerprint density at radius 2 is 2.27 bits per heavy atom. The van der Waals surface area contributed by atoms with Crippen molar-refractivity contribution in [3.05, 3.63) is 30.5 Å². The Hall–Kier alpha value is -2.05. The molecule has 0 spiro atoms. The van der Waals surface area contributed by atoms with Gasteiger partial charge in [-0.05, 0) is 19.9 Å². The van der Waals surface area contributed by atoms with Crippen LogP contribution in [0.5, 0.6) is 0 Å². The van der Waals surface area contributed by atoms with Crippen molar-refractivity contribution >= 4 is 22.7 Å². The summed E-state index contributed by atoms with van der Waals surface area (Å²) in [4.78, 5) is 14.9. The second-order valence-corrected chi connectivity index (χ2v) is 5.75. The maximum atomic E-state index is 11.8. The first kappa shape index (κ1) is 14.9. The normalized spacial score (nSPS) is 20.2. The number of para-hydroxylation sites is 1. The lowest BCUT2D eigenvalue weighted by Crippen LogP contribution is -2.23. The maximum Gasteiger partial charge on any atom is 0.411 e. The number of carbonyl (C=O) groups is 1. The lowest BCUT2D eigenvalue weighted by atomic mass is 10.2. The van der Waals surface area contributed by atoms with Crippen LogP contribution in [0.25, 0.3) is 10.9 Å². The van der Waals surface area contributed by atoms with Gasteiger partial charge in [-0.3, -0.25) is 5.32 Å². The summed E-state index contributed by atoms with van der Waals surface area (Å²) in [5.74, 6) is -0.545. The Morgan fingerprint density at radius 3 is 3.05 bits per heavy atom. The molecule has 2 aromatic rings. The van der Waals surface area contributed by atoms with Crippen LogP contribution in [0.15, 0.2) is 30.5 Å². The van der Waals surface area contributed by atoms with Crippen LogP contribution >= 0.6 is 0 Å². The summed E-state index contributed by atoms with van der Waals surface area (Å²) in [6, 6.07) is 7.75. The number of ether oxygens (including phenoxy) is 3. The highest BCUT2D eigenvalue weighted by atomic mass is 16.7. The van der Waals surface area contributed by atoms with E-state index in [1.54, 1.807) is 6.20 Å². The number of carbonyl (C=O) groups excluding carboxylic acids is 1. The fourth-order valence-corrected chi connectivity index (χ4v) is 2.51. The molecular weight excluding hydrogens is 284 g/mol. The third-order valence-electron chi connectivity index (χ3n) is 3.57. The molecule has 0 radical (unpaired) electrons. The predicted octanol–water partition coefficient (Wildman–Crippen LogP) is 3.26.